The number of pyridine rings is 1. The molecule has 2 fully saturated rings. The van der Waals surface area contributed by atoms with Gasteiger partial charge in [0, 0.05) is 43.9 Å². The molecule has 4 rings (SSSR count). The minimum atomic E-state index is 0. The Bertz CT molecular complexity index is 660. The number of piperidine rings is 1. The average molecular weight is 385 g/mol. The van der Waals surface area contributed by atoms with Crippen LogP contribution in [0.25, 0.3) is 5.65 Å². The van der Waals surface area contributed by atoms with Gasteiger partial charge in [0.15, 0.2) is 0 Å². The summed E-state index contributed by atoms with van der Waals surface area (Å²) in [6.45, 7) is 0.667. The first-order chi connectivity index (χ1) is 11.3. The third-order valence-electron chi connectivity index (χ3n) is 5.16. The quantitative estimate of drug-likeness (QED) is 0.832. The Morgan fingerprint density at radius 1 is 1.24 bits per heavy atom. The van der Waals surface area contributed by atoms with E-state index in [1.807, 2.05) is 35.0 Å². The highest BCUT2D eigenvalue weighted by Crippen LogP contribution is 2.32. The number of aromatic nitrogens is 2. The van der Waals surface area contributed by atoms with E-state index in [4.69, 9.17) is 0 Å². The zero-order valence-corrected chi connectivity index (χ0v) is 15.8. The predicted molar refractivity (Wildman–Crippen MR) is 104 cm³/mol. The largest absolute Gasteiger partial charge is 0.356 e. The van der Waals surface area contributed by atoms with Gasteiger partial charge in [0.2, 0.25) is 5.91 Å². The Hall–Kier alpha value is -1.30. The molecule has 0 spiro atoms. The minimum Gasteiger partial charge on any atom is -0.356 e. The van der Waals surface area contributed by atoms with E-state index in [-0.39, 0.29) is 30.7 Å². The van der Waals surface area contributed by atoms with Gasteiger partial charge in [-0.3, -0.25) is 4.79 Å². The summed E-state index contributed by atoms with van der Waals surface area (Å²) in [6.07, 6.45) is 10.4. The van der Waals surface area contributed by atoms with Crippen molar-refractivity contribution >= 4 is 36.4 Å². The number of halogens is 2. The van der Waals surface area contributed by atoms with Gasteiger partial charge in [-0.1, -0.05) is 6.07 Å². The monoisotopic (exact) mass is 384 g/mol. The molecule has 0 aliphatic carbocycles. The van der Waals surface area contributed by atoms with E-state index in [1.165, 1.54) is 12.8 Å². The van der Waals surface area contributed by atoms with Crippen molar-refractivity contribution in [2.75, 3.05) is 6.54 Å². The second-order valence-electron chi connectivity index (χ2n) is 6.98. The Balaban J connectivity index is 0.00000113. The standard InChI is InChI=1S/C18H24N4O.2ClH/c23-18(11-13-9-14-4-5-15(10-13)20-14)19-7-6-16-12-22-8-2-1-3-17(22)21-16;;/h1-3,8,12-15,20H,4-7,9-11H2,(H,19,23);2*1H. The van der Waals surface area contributed by atoms with Crippen molar-refractivity contribution in [1.82, 2.24) is 20.0 Å². The van der Waals surface area contributed by atoms with Gasteiger partial charge in [0.05, 0.1) is 5.69 Å². The maximum atomic E-state index is 12.2. The van der Waals surface area contributed by atoms with E-state index in [0.717, 1.165) is 30.6 Å². The summed E-state index contributed by atoms with van der Waals surface area (Å²) >= 11 is 0. The zero-order chi connectivity index (χ0) is 15.6. The number of hydrogen-bond donors (Lipinski definition) is 2. The normalized spacial score (nSPS) is 24.4. The van der Waals surface area contributed by atoms with Crippen molar-refractivity contribution < 1.29 is 4.79 Å². The van der Waals surface area contributed by atoms with Gasteiger partial charge in [0.25, 0.3) is 0 Å². The summed E-state index contributed by atoms with van der Waals surface area (Å²) in [5, 5.41) is 6.69. The molecule has 0 saturated carbocycles. The number of hydrogen-bond acceptors (Lipinski definition) is 3. The van der Waals surface area contributed by atoms with Crippen molar-refractivity contribution in [2.45, 2.75) is 50.6 Å². The molecule has 2 saturated heterocycles. The highest BCUT2D eigenvalue weighted by atomic mass is 35.5. The SMILES string of the molecule is Cl.Cl.O=C(CC1CC2CCC(C1)N2)NCCc1cn2ccccc2n1. The summed E-state index contributed by atoms with van der Waals surface area (Å²) in [5.41, 5.74) is 1.98. The number of nitrogens with one attached hydrogen (secondary N) is 2. The van der Waals surface area contributed by atoms with Gasteiger partial charge in [-0.15, -0.1) is 24.8 Å². The topological polar surface area (TPSA) is 58.4 Å². The highest BCUT2D eigenvalue weighted by Gasteiger charge is 2.34. The first kappa shape index (κ1) is 20.0. The number of rotatable bonds is 5. The molecule has 2 aromatic rings. The number of fused-ring (bicyclic) bond motifs is 3. The average Bonchev–Trinajstić information content (AvgIpc) is 3.09. The van der Waals surface area contributed by atoms with E-state index in [2.05, 4.69) is 15.6 Å². The van der Waals surface area contributed by atoms with Crippen molar-refractivity contribution in [3.63, 3.8) is 0 Å². The highest BCUT2D eigenvalue weighted by molar-refractivity contribution is 5.85. The second-order valence-corrected chi connectivity index (χ2v) is 6.98. The predicted octanol–water partition coefficient (Wildman–Crippen LogP) is 2.76. The van der Waals surface area contributed by atoms with E-state index in [0.29, 0.717) is 31.0 Å². The maximum absolute atomic E-state index is 12.2. The molecule has 2 atom stereocenters. The second kappa shape index (κ2) is 8.88. The van der Waals surface area contributed by atoms with E-state index in [9.17, 15) is 4.79 Å². The van der Waals surface area contributed by atoms with E-state index < -0.39 is 0 Å². The van der Waals surface area contributed by atoms with Gasteiger partial charge in [0.1, 0.15) is 5.65 Å². The van der Waals surface area contributed by atoms with Crippen molar-refractivity contribution in [3.8, 4) is 0 Å². The smallest absolute Gasteiger partial charge is 0.220 e. The zero-order valence-electron chi connectivity index (χ0n) is 14.2. The molecule has 2 aliphatic heterocycles. The molecule has 4 heterocycles. The summed E-state index contributed by atoms with van der Waals surface area (Å²) in [4.78, 5) is 16.7. The molecule has 2 N–H and O–H groups in total. The van der Waals surface area contributed by atoms with Crippen LogP contribution in [0.5, 0.6) is 0 Å². The molecule has 2 bridgehead atoms. The molecule has 7 heteroatoms. The molecule has 2 aromatic heterocycles. The van der Waals surface area contributed by atoms with Crippen LogP contribution >= 0.6 is 24.8 Å². The fraction of sp³-hybridized carbons (Fsp3) is 0.556. The lowest BCUT2D eigenvalue weighted by Gasteiger charge is -2.28. The molecule has 0 radical (unpaired) electrons. The van der Waals surface area contributed by atoms with Gasteiger partial charge < -0.3 is 15.0 Å². The Morgan fingerprint density at radius 2 is 2.00 bits per heavy atom. The summed E-state index contributed by atoms with van der Waals surface area (Å²) in [7, 11) is 0. The van der Waals surface area contributed by atoms with Gasteiger partial charge >= 0.3 is 0 Å². The molecule has 25 heavy (non-hydrogen) atoms. The molecule has 138 valence electrons. The number of imidazole rings is 1. The van der Waals surface area contributed by atoms with Crippen molar-refractivity contribution in [2.24, 2.45) is 5.92 Å². The lowest BCUT2D eigenvalue weighted by atomic mass is 9.89. The van der Waals surface area contributed by atoms with Gasteiger partial charge in [-0.2, -0.15) is 0 Å². The van der Waals surface area contributed by atoms with Crippen LogP contribution in [-0.4, -0.2) is 33.9 Å². The van der Waals surface area contributed by atoms with Crippen LogP contribution in [0.15, 0.2) is 30.6 Å². The van der Waals surface area contributed by atoms with Gasteiger partial charge in [-0.05, 0) is 43.7 Å². The first-order valence-electron chi connectivity index (χ1n) is 8.71. The molecular weight excluding hydrogens is 359 g/mol. The fourth-order valence-electron chi connectivity index (χ4n) is 4.11. The minimum absolute atomic E-state index is 0. The summed E-state index contributed by atoms with van der Waals surface area (Å²) in [6, 6.07) is 7.29. The third-order valence-corrected chi connectivity index (χ3v) is 5.16. The molecule has 2 aliphatic rings. The van der Waals surface area contributed by atoms with E-state index in [1.54, 1.807) is 0 Å². The number of carbonyl (C=O) groups excluding carboxylic acids is 1. The fourth-order valence-corrected chi connectivity index (χ4v) is 4.11. The van der Waals surface area contributed by atoms with Crippen LogP contribution in [0.2, 0.25) is 0 Å². The summed E-state index contributed by atoms with van der Waals surface area (Å²) < 4.78 is 2.02. The number of nitrogens with zero attached hydrogens (tertiary/aromatic N) is 2. The van der Waals surface area contributed by atoms with Crippen LogP contribution < -0.4 is 10.6 Å². The van der Waals surface area contributed by atoms with Crippen LogP contribution in [0.4, 0.5) is 0 Å². The van der Waals surface area contributed by atoms with Crippen molar-refractivity contribution in [3.05, 3.63) is 36.3 Å². The van der Waals surface area contributed by atoms with Crippen molar-refractivity contribution in [1.29, 1.82) is 0 Å². The Kier molecular flexibility index (Phi) is 7.11. The van der Waals surface area contributed by atoms with Crippen LogP contribution in [-0.2, 0) is 11.2 Å². The summed E-state index contributed by atoms with van der Waals surface area (Å²) in [5.74, 6) is 0.754. The van der Waals surface area contributed by atoms with Crippen LogP contribution in [0.1, 0.15) is 37.8 Å². The van der Waals surface area contributed by atoms with Gasteiger partial charge in [-0.25, -0.2) is 4.98 Å². The maximum Gasteiger partial charge on any atom is 0.220 e. The lowest BCUT2D eigenvalue weighted by Crippen LogP contribution is -2.39. The number of amides is 1. The van der Waals surface area contributed by atoms with Crippen LogP contribution in [0.3, 0.4) is 0 Å². The molecule has 2 unspecified atom stereocenters. The Labute approximate surface area is 160 Å². The molecule has 5 nitrogen and oxygen atoms in total. The molecule has 1 amide bonds. The molecular formula is C18H26Cl2N4O. The first-order valence-corrected chi connectivity index (χ1v) is 8.71. The van der Waals surface area contributed by atoms with E-state index >= 15 is 0 Å². The number of carbonyl (C=O) groups is 1. The van der Waals surface area contributed by atoms with Crippen LogP contribution in [0, 0.1) is 5.92 Å². The lowest BCUT2D eigenvalue weighted by molar-refractivity contribution is -0.122. The Morgan fingerprint density at radius 3 is 2.72 bits per heavy atom. The third kappa shape index (κ3) is 4.87. The molecule has 0 aromatic carbocycles.